The Bertz CT molecular complexity index is 1010. The van der Waals surface area contributed by atoms with Gasteiger partial charge in [0.05, 0.1) is 16.5 Å². The normalized spacial score (nSPS) is 23.6. The van der Waals surface area contributed by atoms with Crippen LogP contribution in [0.25, 0.3) is 10.9 Å². The third kappa shape index (κ3) is 3.91. The fraction of sp³-hybridized carbons (Fsp3) is 0.545. The molecule has 0 bridgehead atoms. The number of fused-ring (bicyclic) bond motifs is 2. The van der Waals surface area contributed by atoms with Crippen LogP contribution in [-0.2, 0) is 22.5 Å². The minimum Gasteiger partial charge on any atom is -0.452 e. The Morgan fingerprint density at radius 2 is 2.07 bits per heavy atom. The zero-order chi connectivity index (χ0) is 20.5. The molecule has 0 spiro atoms. The minimum absolute atomic E-state index is 0.0716. The number of benzene rings is 1. The summed E-state index contributed by atoms with van der Waals surface area (Å²) in [7, 11) is 0. The van der Waals surface area contributed by atoms with Crippen LogP contribution < -0.4 is 10.9 Å². The van der Waals surface area contributed by atoms with Crippen LogP contribution in [0.3, 0.4) is 0 Å². The van der Waals surface area contributed by atoms with Crippen molar-refractivity contribution in [2.24, 2.45) is 11.8 Å². The molecule has 1 fully saturated rings. The van der Waals surface area contributed by atoms with Crippen LogP contribution in [0.5, 0.6) is 0 Å². The molecule has 2 aliphatic rings. The number of carbonyl (C=O) groups excluding carboxylic acids is 2. The van der Waals surface area contributed by atoms with Crippen LogP contribution in [-0.4, -0.2) is 34.1 Å². The fourth-order valence-corrected chi connectivity index (χ4v) is 4.46. The van der Waals surface area contributed by atoms with Crippen molar-refractivity contribution < 1.29 is 14.3 Å². The Balaban J connectivity index is 1.41. The molecule has 0 unspecified atom stereocenters. The molecule has 154 valence electrons. The standard InChI is InChI=1S/C22H27N3O4/c1-13-5-3-6-17(14(13)2)24-20(26)12-29-22(28)15-8-9-16-18(11-15)23-19-7-4-10-25(19)21(16)27/h8-9,11,13-14,17H,3-7,10,12H2,1-2H3,(H,24,26)/t13-,14-,17+/m0/s1. The van der Waals surface area contributed by atoms with Crippen LogP contribution in [0, 0.1) is 11.8 Å². The lowest BCUT2D eigenvalue weighted by atomic mass is 9.78. The van der Waals surface area contributed by atoms with Gasteiger partial charge in [-0.05, 0) is 42.9 Å². The number of hydrogen-bond donors (Lipinski definition) is 1. The second-order valence-electron chi connectivity index (χ2n) is 8.34. The van der Waals surface area contributed by atoms with E-state index in [-0.39, 0.29) is 24.1 Å². The summed E-state index contributed by atoms with van der Waals surface area (Å²) < 4.78 is 6.90. The topological polar surface area (TPSA) is 90.3 Å². The van der Waals surface area contributed by atoms with Gasteiger partial charge in [-0.25, -0.2) is 9.78 Å². The van der Waals surface area contributed by atoms with E-state index in [0.29, 0.717) is 34.8 Å². The van der Waals surface area contributed by atoms with Crippen LogP contribution in [0.1, 0.15) is 55.7 Å². The largest absolute Gasteiger partial charge is 0.452 e. The van der Waals surface area contributed by atoms with Gasteiger partial charge in [0.2, 0.25) is 0 Å². The molecule has 29 heavy (non-hydrogen) atoms. The van der Waals surface area contributed by atoms with E-state index in [0.717, 1.165) is 31.5 Å². The maximum absolute atomic E-state index is 12.5. The molecule has 1 saturated carbocycles. The van der Waals surface area contributed by atoms with Gasteiger partial charge >= 0.3 is 5.97 Å². The molecule has 4 rings (SSSR count). The van der Waals surface area contributed by atoms with Crippen molar-refractivity contribution >= 4 is 22.8 Å². The molecular weight excluding hydrogens is 370 g/mol. The maximum atomic E-state index is 12.5. The molecule has 0 radical (unpaired) electrons. The Labute approximate surface area is 169 Å². The van der Waals surface area contributed by atoms with Crippen molar-refractivity contribution in [3.05, 3.63) is 39.9 Å². The van der Waals surface area contributed by atoms with Crippen molar-refractivity contribution in [2.45, 2.75) is 58.5 Å². The molecular formula is C22H27N3O4. The van der Waals surface area contributed by atoms with E-state index in [1.807, 2.05) is 0 Å². The number of aromatic nitrogens is 2. The SMILES string of the molecule is C[C@H]1[C@@H](C)CCC[C@H]1NC(=O)COC(=O)c1ccc2c(=O)n3c(nc2c1)CCC3. The lowest BCUT2D eigenvalue weighted by molar-refractivity contribution is -0.125. The first kappa shape index (κ1) is 19.6. The second-order valence-corrected chi connectivity index (χ2v) is 8.34. The summed E-state index contributed by atoms with van der Waals surface area (Å²) in [6.07, 6.45) is 4.91. The van der Waals surface area contributed by atoms with Crippen LogP contribution in [0.2, 0.25) is 0 Å². The summed E-state index contributed by atoms with van der Waals surface area (Å²) in [5, 5.41) is 3.49. The van der Waals surface area contributed by atoms with E-state index in [4.69, 9.17) is 4.74 Å². The lowest BCUT2D eigenvalue weighted by Crippen LogP contribution is -2.45. The summed E-state index contributed by atoms with van der Waals surface area (Å²) >= 11 is 0. The van der Waals surface area contributed by atoms with Crippen molar-refractivity contribution in [2.75, 3.05) is 6.61 Å². The number of nitrogens with zero attached hydrogens (tertiary/aromatic N) is 2. The average molecular weight is 397 g/mol. The van der Waals surface area contributed by atoms with E-state index in [1.54, 1.807) is 22.8 Å². The first-order valence-electron chi connectivity index (χ1n) is 10.4. The van der Waals surface area contributed by atoms with Crippen molar-refractivity contribution in [3.63, 3.8) is 0 Å². The van der Waals surface area contributed by atoms with Gasteiger partial charge in [-0.2, -0.15) is 0 Å². The summed E-state index contributed by atoms with van der Waals surface area (Å²) in [5.74, 6) is 0.875. The highest BCUT2D eigenvalue weighted by atomic mass is 16.5. The van der Waals surface area contributed by atoms with Crippen molar-refractivity contribution in [1.82, 2.24) is 14.9 Å². The van der Waals surface area contributed by atoms with Gasteiger partial charge < -0.3 is 10.1 Å². The van der Waals surface area contributed by atoms with Crippen LogP contribution >= 0.6 is 0 Å². The predicted octanol–water partition coefficient (Wildman–Crippen LogP) is 2.44. The van der Waals surface area contributed by atoms with Gasteiger partial charge in [0, 0.05) is 19.0 Å². The number of amides is 1. The monoisotopic (exact) mass is 397 g/mol. The molecule has 1 N–H and O–H groups in total. The summed E-state index contributed by atoms with van der Waals surface area (Å²) in [6.45, 7) is 4.74. The Morgan fingerprint density at radius 3 is 2.90 bits per heavy atom. The van der Waals surface area contributed by atoms with Crippen LogP contribution in [0.4, 0.5) is 0 Å². The molecule has 1 aliphatic carbocycles. The molecule has 0 saturated heterocycles. The third-order valence-electron chi connectivity index (χ3n) is 6.44. The molecule has 1 aromatic carbocycles. The maximum Gasteiger partial charge on any atom is 0.338 e. The highest BCUT2D eigenvalue weighted by molar-refractivity contribution is 5.95. The molecule has 1 amide bonds. The first-order valence-corrected chi connectivity index (χ1v) is 10.4. The number of ether oxygens (including phenoxy) is 1. The van der Waals surface area contributed by atoms with Gasteiger partial charge in [-0.1, -0.05) is 26.7 Å². The Morgan fingerprint density at radius 1 is 1.24 bits per heavy atom. The van der Waals surface area contributed by atoms with Gasteiger partial charge in [-0.3, -0.25) is 14.2 Å². The molecule has 1 aliphatic heterocycles. The summed E-state index contributed by atoms with van der Waals surface area (Å²) in [6, 6.07) is 4.86. The summed E-state index contributed by atoms with van der Waals surface area (Å²) in [4.78, 5) is 41.7. The smallest absolute Gasteiger partial charge is 0.338 e. The lowest BCUT2D eigenvalue weighted by Gasteiger charge is -2.34. The number of rotatable bonds is 4. The highest BCUT2D eigenvalue weighted by Crippen LogP contribution is 2.29. The number of aryl methyl sites for hydroxylation is 1. The number of nitrogens with one attached hydrogen (secondary N) is 1. The van der Waals surface area contributed by atoms with Crippen molar-refractivity contribution in [3.8, 4) is 0 Å². The zero-order valence-corrected chi connectivity index (χ0v) is 16.9. The minimum atomic E-state index is -0.588. The average Bonchev–Trinajstić information content (AvgIpc) is 3.18. The third-order valence-corrected chi connectivity index (χ3v) is 6.44. The number of carbonyl (C=O) groups is 2. The second kappa shape index (κ2) is 7.97. The number of hydrogen-bond acceptors (Lipinski definition) is 5. The van der Waals surface area contributed by atoms with Crippen LogP contribution in [0.15, 0.2) is 23.0 Å². The van der Waals surface area contributed by atoms with E-state index in [9.17, 15) is 14.4 Å². The van der Waals surface area contributed by atoms with Gasteiger partial charge in [0.25, 0.3) is 11.5 Å². The molecule has 7 heteroatoms. The zero-order valence-electron chi connectivity index (χ0n) is 16.9. The predicted molar refractivity (Wildman–Crippen MR) is 109 cm³/mol. The fourth-order valence-electron chi connectivity index (χ4n) is 4.46. The molecule has 2 heterocycles. The Kier molecular flexibility index (Phi) is 5.39. The highest BCUT2D eigenvalue weighted by Gasteiger charge is 2.28. The quantitative estimate of drug-likeness (QED) is 0.801. The van der Waals surface area contributed by atoms with Gasteiger partial charge in [-0.15, -0.1) is 0 Å². The van der Waals surface area contributed by atoms with Gasteiger partial charge in [0.15, 0.2) is 6.61 Å². The van der Waals surface area contributed by atoms with Gasteiger partial charge in [0.1, 0.15) is 5.82 Å². The first-order chi connectivity index (χ1) is 13.9. The van der Waals surface area contributed by atoms with E-state index >= 15 is 0 Å². The molecule has 1 aromatic heterocycles. The molecule has 2 aromatic rings. The molecule has 7 nitrogen and oxygen atoms in total. The Hall–Kier alpha value is -2.70. The number of esters is 1. The van der Waals surface area contributed by atoms with E-state index in [1.165, 1.54) is 6.42 Å². The van der Waals surface area contributed by atoms with Crippen molar-refractivity contribution in [1.29, 1.82) is 0 Å². The summed E-state index contributed by atoms with van der Waals surface area (Å²) in [5.41, 5.74) is 0.712. The molecule has 3 atom stereocenters. The van der Waals surface area contributed by atoms with E-state index < -0.39 is 5.97 Å². The van der Waals surface area contributed by atoms with E-state index in [2.05, 4.69) is 24.1 Å².